The van der Waals surface area contributed by atoms with Crippen LogP contribution in [0, 0.1) is 5.82 Å². The van der Waals surface area contributed by atoms with Crippen LogP contribution in [-0.4, -0.2) is 37.5 Å². The Morgan fingerprint density at radius 3 is 1.55 bits per heavy atom. The molecule has 7 heteroatoms. The summed E-state index contributed by atoms with van der Waals surface area (Å²) in [6.45, 7) is 2.07. The second kappa shape index (κ2) is 16.7. The predicted molar refractivity (Wildman–Crippen MR) is 184 cm³/mol. The maximum absolute atomic E-state index is 15.8. The number of halogens is 2. The van der Waals surface area contributed by atoms with Crippen molar-refractivity contribution in [3.63, 3.8) is 0 Å². The summed E-state index contributed by atoms with van der Waals surface area (Å²) < 4.78 is 42.4. The Kier molecular flexibility index (Phi) is 11.7. The van der Waals surface area contributed by atoms with Crippen molar-refractivity contribution in [3.8, 4) is 0 Å². The summed E-state index contributed by atoms with van der Waals surface area (Å²) in [7, 11) is 0. The fourth-order valence-corrected chi connectivity index (χ4v) is 6.12. The van der Waals surface area contributed by atoms with E-state index in [0.29, 0.717) is 38.7 Å². The van der Waals surface area contributed by atoms with Gasteiger partial charge in [-0.15, -0.1) is 0 Å². The lowest BCUT2D eigenvalue weighted by Crippen LogP contribution is -2.65. The van der Waals surface area contributed by atoms with Gasteiger partial charge in [0.25, 0.3) is 0 Å². The summed E-state index contributed by atoms with van der Waals surface area (Å²) >= 11 is 6.35. The molecule has 4 atom stereocenters. The van der Waals surface area contributed by atoms with Gasteiger partial charge in [0, 0.05) is 6.54 Å². The topological polar surface area (TPSA) is 40.2 Å². The summed E-state index contributed by atoms with van der Waals surface area (Å²) in [6, 6.07) is 44.7. The van der Waals surface area contributed by atoms with E-state index in [1.165, 1.54) is 0 Å². The molecule has 5 aromatic carbocycles. The molecule has 0 amide bonds. The normalized spacial score (nSPS) is 19.5. The Morgan fingerprint density at radius 1 is 0.553 bits per heavy atom. The first-order chi connectivity index (χ1) is 23.2. The molecular weight excluding hydrogens is 613 g/mol. The average molecular weight is 652 g/mol. The number of nitrogens with zero attached hydrogens (tertiary/aromatic N) is 1. The van der Waals surface area contributed by atoms with E-state index in [-0.39, 0.29) is 11.6 Å². The Balaban J connectivity index is 1.36. The van der Waals surface area contributed by atoms with E-state index < -0.39 is 30.2 Å². The van der Waals surface area contributed by atoms with E-state index in [1.54, 1.807) is 18.2 Å². The molecule has 0 saturated carbocycles. The molecule has 242 valence electrons. The van der Waals surface area contributed by atoms with Crippen LogP contribution in [0.4, 0.5) is 10.1 Å². The molecular formula is C40H39ClFNO4. The van der Waals surface area contributed by atoms with Crippen LogP contribution in [-0.2, 0) is 45.4 Å². The van der Waals surface area contributed by atoms with Crippen molar-refractivity contribution in [2.45, 2.75) is 50.8 Å². The SMILES string of the molecule is Fc1c(Cl)cccc1N1C[C@H](OCc2ccccc2)[C@@H](OCc2ccccc2)[C@H](OCc2ccccc2)[C@@H]1COCc1ccccc1. The number of ether oxygens (including phenoxy) is 4. The average Bonchev–Trinajstić information content (AvgIpc) is 3.12. The second-order valence-electron chi connectivity index (χ2n) is 11.7. The predicted octanol–water partition coefficient (Wildman–Crippen LogP) is 8.64. The zero-order valence-corrected chi connectivity index (χ0v) is 26.9. The van der Waals surface area contributed by atoms with Crippen LogP contribution in [0.5, 0.6) is 0 Å². The molecule has 0 N–H and O–H groups in total. The first kappa shape index (κ1) is 32.9. The Morgan fingerprint density at radius 2 is 1.02 bits per heavy atom. The maximum atomic E-state index is 15.8. The molecule has 0 bridgehead atoms. The summed E-state index contributed by atoms with van der Waals surface area (Å²) in [5, 5.41) is 0.0532. The molecule has 1 fully saturated rings. The molecule has 1 aliphatic rings. The van der Waals surface area contributed by atoms with Crippen molar-refractivity contribution in [1.82, 2.24) is 0 Å². The van der Waals surface area contributed by atoms with Gasteiger partial charge in [-0.25, -0.2) is 4.39 Å². The van der Waals surface area contributed by atoms with Crippen molar-refractivity contribution >= 4 is 17.3 Å². The fourth-order valence-electron chi connectivity index (χ4n) is 5.96. The van der Waals surface area contributed by atoms with Crippen molar-refractivity contribution in [3.05, 3.63) is 173 Å². The molecule has 1 heterocycles. The standard InChI is InChI=1S/C40H39ClFNO4/c41-34-22-13-23-35(38(34)42)43-24-37(45-26-31-16-7-2-8-17-31)40(47-28-33-20-11-4-12-21-33)39(46-27-32-18-9-3-10-19-32)36(43)29-44-25-30-14-5-1-6-15-30/h1-23,36-37,39-40H,24-29H2/t36-,37-,39+,40+/m0/s1. The Bertz CT molecular complexity index is 1650. The highest BCUT2D eigenvalue weighted by molar-refractivity contribution is 6.31. The lowest BCUT2D eigenvalue weighted by atomic mass is 9.92. The maximum Gasteiger partial charge on any atom is 0.165 e. The molecule has 0 aromatic heterocycles. The van der Waals surface area contributed by atoms with Crippen LogP contribution in [0.2, 0.25) is 5.02 Å². The van der Waals surface area contributed by atoms with Gasteiger partial charge in [-0.2, -0.15) is 0 Å². The molecule has 6 rings (SSSR count). The van der Waals surface area contributed by atoms with Gasteiger partial charge in [0.15, 0.2) is 5.82 Å². The van der Waals surface area contributed by atoms with E-state index in [1.807, 2.05) is 126 Å². The minimum Gasteiger partial charge on any atom is -0.375 e. The smallest absolute Gasteiger partial charge is 0.165 e. The third kappa shape index (κ3) is 8.86. The van der Waals surface area contributed by atoms with Crippen LogP contribution in [0.3, 0.4) is 0 Å². The van der Waals surface area contributed by atoms with Crippen molar-refractivity contribution in [1.29, 1.82) is 0 Å². The minimum absolute atomic E-state index is 0.0532. The van der Waals surface area contributed by atoms with Crippen LogP contribution in [0.15, 0.2) is 140 Å². The first-order valence-electron chi connectivity index (χ1n) is 15.9. The zero-order chi connectivity index (χ0) is 32.3. The van der Waals surface area contributed by atoms with Gasteiger partial charge in [0.1, 0.15) is 18.3 Å². The highest BCUT2D eigenvalue weighted by Gasteiger charge is 2.47. The van der Waals surface area contributed by atoms with Crippen LogP contribution in [0.25, 0.3) is 0 Å². The van der Waals surface area contributed by atoms with Gasteiger partial charge in [-0.3, -0.25) is 0 Å². The van der Waals surface area contributed by atoms with E-state index in [2.05, 4.69) is 0 Å². The molecule has 0 aliphatic carbocycles. The molecule has 0 unspecified atom stereocenters. The van der Waals surface area contributed by atoms with E-state index in [0.717, 1.165) is 22.3 Å². The molecule has 0 spiro atoms. The fraction of sp³-hybridized carbons (Fsp3) is 0.250. The number of hydrogen-bond acceptors (Lipinski definition) is 5. The summed E-state index contributed by atoms with van der Waals surface area (Å²) in [5.74, 6) is -0.491. The summed E-state index contributed by atoms with van der Waals surface area (Å²) in [4.78, 5) is 1.99. The van der Waals surface area contributed by atoms with Gasteiger partial charge < -0.3 is 23.8 Å². The monoisotopic (exact) mass is 651 g/mol. The molecule has 5 aromatic rings. The van der Waals surface area contributed by atoms with E-state index >= 15 is 4.39 Å². The third-order valence-corrected chi connectivity index (χ3v) is 8.66. The summed E-state index contributed by atoms with van der Waals surface area (Å²) in [6.07, 6.45) is -1.52. The molecule has 1 aliphatic heterocycles. The highest BCUT2D eigenvalue weighted by atomic mass is 35.5. The van der Waals surface area contributed by atoms with Gasteiger partial charge >= 0.3 is 0 Å². The van der Waals surface area contributed by atoms with Gasteiger partial charge in [-0.1, -0.05) is 139 Å². The van der Waals surface area contributed by atoms with Crippen LogP contribution < -0.4 is 4.90 Å². The van der Waals surface area contributed by atoms with Crippen LogP contribution >= 0.6 is 11.6 Å². The third-order valence-electron chi connectivity index (χ3n) is 8.36. The van der Waals surface area contributed by atoms with Crippen molar-refractivity contribution in [2.75, 3.05) is 18.1 Å². The quantitative estimate of drug-likeness (QED) is 0.120. The van der Waals surface area contributed by atoms with Crippen molar-refractivity contribution < 1.29 is 23.3 Å². The van der Waals surface area contributed by atoms with Gasteiger partial charge in [0.05, 0.1) is 49.8 Å². The van der Waals surface area contributed by atoms with E-state index in [4.69, 9.17) is 30.5 Å². The lowest BCUT2D eigenvalue weighted by Gasteiger charge is -2.49. The number of piperidine rings is 1. The lowest BCUT2D eigenvalue weighted by molar-refractivity contribution is -0.174. The number of hydrogen-bond donors (Lipinski definition) is 0. The highest BCUT2D eigenvalue weighted by Crippen LogP contribution is 2.35. The van der Waals surface area contributed by atoms with Crippen molar-refractivity contribution in [2.24, 2.45) is 0 Å². The molecule has 0 radical (unpaired) electrons. The second-order valence-corrected chi connectivity index (χ2v) is 12.1. The number of benzene rings is 5. The van der Waals surface area contributed by atoms with E-state index in [9.17, 15) is 0 Å². The Hall–Kier alpha value is -4.04. The Labute approximate surface area is 281 Å². The minimum atomic E-state index is -0.553. The number of rotatable bonds is 14. The van der Waals surface area contributed by atoms with Gasteiger partial charge in [0.2, 0.25) is 0 Å². The van der Waals surface area contributed by atoms with Crippen LogP contribution in [0.1, 0.15) is 22.3 Å². The first-order valence-corrected chi connectivity index (χ1v) is 16.3. The number of anilines is 1. The largest absolute Gasteiger partial charge is 0.375 e. The molecule has 47 heavy (non-hydrogen) atoms. The summed E-state index contributed by atoms with van der Waals surface area (Å²) in [5.41, 5.74) is 4.51. The van der Waals surface area contributed by atoms with Gasteiger partial charge in [-0.05, 0) is 34.4 Å². The molecule has 1 saturated heterocycles. The molecule has 5 nitrogen and oxygen atoms in total. The zero-order valence-electron chi connectivity index (χ0n) is 26.2.